The van der Waals surface area contributed by atoms with Crippen LogP contribution in [0.5, 0.6) is 0 Å². The number of carbonyl (C=O) groups excluding carboxylic acids is 1. The minimum atomic E-state index is -0.208. The summed E-state index contributed by atoms with van der Waals surface area (Å²) in [6, 6.07) is 5.67. The summed E-state index contributed by atoms with van der Waals surface area (Å²) in [7, 11) is 0. The quantitative estimate of drug-likeness (QED) is 0.896. The number of halogens is 2. The van der Waals surface area contributed by atoms with E-state index in [0.717, 1.165) is 25.9 Å². The first-order valence-electron chi connectivity index (χ1n) is 6.80. The second-order valence-corrected chi connectivity index (χ2v) is 4.88. The van der Waals surface area contributed by atoms with Crippen LogP contribution in [0.25, 0.3) is 0 Å². The van der Waals surface area contributed by atoms with Crippen LogP contribution in [0.1, 0.15) is 29.4 Å². The number of carbonyl (C=O) groups is 1. The van der Waals surface area contributed by atoms with Gasteiger partial charge >= 0.3 is 0 Å². The number of nitrogens with zero attached hydrogens (tertiary/aromatic N) is 3. The average Bonchev–Trinajstić information content (AvgIpc) is 2.99. The van der Waals surface area contributed by atoms with Gasteiger partial charge < -0.3 is 10.6 Å². The number of amides is 1. The van der Waals surface area contributed by atoms with Crippen molar-refractivity contribution in [3.63, 3.8) is 0 Å². The summed E-state index contributed by atoms with van der Waals surface area (Å²) in [5.74, 6) is -0.208. The van der Waals surface area contributed by atoms with E-state index in [1.54, 1.807) is 30.6 Å². The van der Waals surface area contributed by atoms with Crippen LogP contribution in [0.3, 0.4) is 0 Å². The fourth-order valence-corrected chi connectivity index (χ4v) is 2.35. The highest BCUT2D eigenvalue weighted by atomic mass is 35.5. The Hall–Kier alpha value is -1.63. The lowest BCUT2D eigenvalue weighted by Gasteiger charge is -2.22. The van der Waals surface area contributed by atoms with Crippen molar-refractivity contribution in [3.05, 3.63) is 42.5 Å². The third kappa shape index (κ3) is 4.43. The molecule has 1 fully saturated rings. The number of rotatable bonds is 3. The van der Waals surface area contributed by atoms with Crippen molar-refractivity contribution in [2.45, 2.75) is 18.9 Å². The van der Waals surface area contributed by atoms with Gasteiger partial charge in [-0.3, -0.25) is 14.5 Å². The maximum atomic E-state index is 12.1. The van der Waals surface area contributed by atoms with Crippen molar-refractivity contribution in [2.75, 3.05) is 18.4 Å². The maximum absolute atomic E-state index is 12.1. The Morgan fingerprint density at radius 2 is 2.23 bits per heavy atom. The molecule has 1 saturated heterocycles. The summed E-state index contributed by atoms with van der Waals surface area (Å²) in [6.07, 6.45) is 7.39. The highest BCUT2D eigenvalue weighted by Crippen LogP contribution is 2.16. The van der Waals surface area contributed by atoms with Crippen molar-refractivity contribution in [2.24, 2.45) is 0 Å². The maximum Gasteiger partial charge on any atom is 0.276 e. The monoisotopic (exact) mass is 343 g/mol. The highest BCUT2D eigenvalue weighted by molar-refractivity contribution is 6.02. The first-order chi connectivity index (χ1) is 9.83. The lowest BCUT2D eigenvalue weighted by Crippen LogP contribution is -2.32. The third-order valence-electron chi connectivity index (χ3n) is 3.41. The van der Waals surface area contributed by atoms with Crippen LogP contribution in [0.2, 0.25) is 0 Å². The zero-order valence-electron chi connectivity index (χ0n) is 11.9. The van der Waals surface area contributed by atoms with Crippen molar-refractivity contribution in [1.82, 2.24) is 20.1 Å². The number of anilines is 1. The standard InChI is InChI=1S/C14H17N5O.2ClH/c20-14(17-11-3-1-6-15-9-11)13-5-8-19(18-13)12-4-2-7-16-10-12;;/h1,3,5-6,8-9,12,16H,2,4,7,10H2,(H,17,20);2*1H. The van der Waals surface area contributed by atoms with E-state index >= 15 is 0 Å². The van der Waals surface area contributed by atoms with Crippen molar-refractivity contribution in [3.8, 4) is 0 Å². The predicted octanol–water partition coefficient (Wildman–Crippen LogP) is 2.30. The molecule has 1 unspecified atom stereocenters. The highest BCUT2D eigenvalue weighted by Gasteiger charge is 2.17. The number of pyridine rings is 1. The molecular weight excluding hydrogens is 325 g/mol. The minimum absolute atomic E-state index is 0. The van der Waals surface area contributed by atoms with Crippen molar-refractivity contribution >= 4 is 36.4 Å². The molecule has 3 heterocycles. The Bertz CT molecular complexity index is 584. The molecular formula is C14H19Cl2N5O. The van der Waals surface area contributed by atoms with Crippen molar-refractivity contribution < 1.29 is 4.79 Å². The number of hydrogen-bond acceptors (Lipinski definition) is 4. The summed E-state index contributed by atoms with van der Waals surface area (Å²) in [4.78, 5) is 16.0. The second-order valence-electron chi connectivity index (χ2n) is 4.88. The van der Waals surface area contributed by atoms with Gasteiger partial charge in [0.1, 0.15) is 0 Å². The van der Waals surface area contributed by atoms with Gasteiger partial charge in [0.15, 0.2) is 5.69 Å². The van der Waals surface area contributed by atoms with Gasteiger partial charge in [-0.25, -0.2) is 0 Å². The average molecular weight is 344 g/mol. The van der Waals surface area contributed by atoms with E-state index in [1.165, 1.54) is 0 Å². The fraction of sp³-hybridized carbons (Fsp3) is 0.357. The molecule has 1 amide bonds. The van der Waals surface area contributed by atoms with E-state index in [1.807, 2.05) is 10.9 Å². The SMILES string of the molecule is Cl.Cl.O=C(Nc1cccnc1)c1ccn(C2CCCNC2)n1. The molecule has 1 aliphatic rings. The Morgan fingerprint density at radius 3 is 2.91 bits per heavy atom. The molecule has 22 heavy (non-hydrogen) atoms. The third-order valence-corrected chi connectivity index (χ3v) is 3.41. The zero-order valence-corrected chi connectivity index (χ0v) is 13.6. The predicted molar refractivity (Wildman–Crippen MR) is 90.1 cm³/mol. The van der Waals surface area contributed by atoms with Gasteiger partial charge in [0, 0.05) is 18.9 Å². The molecule has 1 atom stereocenters. The molecule has 6 nitrogen and oxygen atoms in total. The molecule has 0 spiro atoms. The first-order valence-corrected chi connectivity index (χ1v) is 6.80. The number of aromatic nitrogens is 3. The van der Waals surface area contributed by atoms with Gasteiger partial charge in [-0.05, 0) is 37.6 Å². The van der Waals surface area contributed by atoms with Gasteiger partial charge in [-0.1, -0.05) is 0 Å². The molecule has 0 aliphatic carbocycles. The van der Waals surface area contributed by atoms with Crippen LogP contribution in [-0.2, 0) is 0 Å². The Labute approximate surface area is 141 Å². The molecule has 8 heteroatoms. The Kier molecular flexibility index (Phi) is 7.31. The molecule has 2 aromatic rings. The molecule has 2 N–H and O–H groups in total. The van der Waals surface area contributed by atoms with E-state index in [0.29, 0.717) is 17.4 Å². The van der Waals surface area contributed by atoms with Gasteiger partial charge in [-0.15, -0.1) is 24.8 Å². The van der Waals surface area contributed by atoms with E-state index in [2.05, 4.69) is 20.7 Å². The zero-order chi connectivity index (χ0) is 13.8. The summed E-state index contributed by atoms with van der Waals surface area (Å²) in [5.41, 5.74) is 1.10. The molecule has 0 bridgehead atoms. The lowest BCUT2D eigenvalue weighted by molar-refractivity contribution is 0.102. The number of hydrogen-bond donors (Lipinski definition) is 2. The van der Waals surface area contributed by atoms with E-state index in [9.17, 15) is 4.79 Å². The number of nitrogens with one attached hydrogen (secondary N) is 2. The van der Waals surface area contributed by atoms with Crippen LogP contribution in [0, 0.1) is 0 Å². The number of piperidine rings is 1. The smallest absolute Gasteiger partial charge is 0.276 e. The van der Waals surface area contributed by atoms with E-state index in [-0.39, 0.29) is 30.7 Å². The Balaban J connectivity index is 0.00000121. The van der Waals surface area contributed by atoms with E-state index < -0.39 is 0 Å². The van der Waals surface area contributed by atoms with Crippen LogP contribution in [-0.4, -0.2) is 33.8 Å². The molecule has 1 aliphatic heterocycles. The van der Waals surface area contributed by atoms with Gasteiger partial charge in [0.25, 0.3) is 5.91 Å². The molecule has 2 aromatic heterocycles. The van der Waals surface area contributed by atoms with Crippen LogP contribution >= 0.6 is 24.8 Å². The van der Waals surface area contributed by atoms with Crippen LogP contribution in [0.15, 0.2) is 36.8 Å². The lowest BCUT2D eigenvalue weighted by atomic mass is 10.1. The molecule has 0 saturated carbocycles. The molecule has 3 rings (SSSR count). The molecule has 120 valence electrons. The minimum Gasteiger partial charge on any atom is -0.319 e. The van der Waals surface area contributed by atoms with E-state index in [4.69, 9.17) is 0 Å². The van der Waals surface area contributed by atoms with Crippen molar-refractivity contribution in [1.29, 1.82) is 0 Å². The fourth-order valence-electron chi connectivity index (χ4n) is 2.35. The summed E-state index contributed by atoms with van der Waals surface area (Å²) in [6.45, 7) is 1.97. The Morgan fingerprint density at radius 1 is 1.36 bits per heavy atom. The summed E-state index contributed by atoms with van der Waals surface area (Å²) < 4.78 is 1.88. The molecule has 0 aromatic carbocycles. The van der Waals surface area contributed by atoms with Gasteiger partial charge in [-0.2, -0.15) is 5.10 Å². The second kappa shape index (κ2) is 8.73. The topological polar surface area (TPSA) is 71.8 Å². The van der Waals surface area contributed by atoms with Gasteiger partial charge in [0.2, 0.25) is 0 Å². The summed E-state index contributed by atoms with van der Waals surface area (Å²) in [5, 5.41) is 10.5. The van der Waals surface area contributed by atoms with Gasteiger partial charge in [0.05, 0.1) is 17.9 Å². The largest absolute Gasteiger partial charge is 0.319 e. The molecule has 0 radical (unpaired) electrons. The first kappa shape index (κ1) is 18.4. The summed E-state index contributed by atoms with van der Waals surface area (Å²) >= 11 is 0. The van der Waals surface area contributed by atoms with Crippen LogP contribution in [0.4, 0.5) is 5.69 Å². The van der Waals surface area contributed by atoms with Crippen LogP contribution < -0.4 is 10.6 Å². The normalized spacial score (nSPS) is 17.0.